The number of fused-ring (bicyclic) bond motifs is 1. The fourth-order valence-corrected chi connectivity index (χ4v) is 3.08. The average Bonchev–Trinajstić information content (AvgIpc) is 3.30. The molecule has 0 amide bonds. The van der Waals surface area contributed by atoms with Gasteiger partial charge < -0.3 is 10.1 Å². The molecule has 1 aliphatic heterocycles. The van der Waals surface area contributed by atoms with E-state index in [-0.39, 0.29) is 6.04 Å². The molecular formula is C19H20N4O. The average molecular weight is 320 g/mol. The summed E-state index contributed by atoms with van der Waals surface area (Å²) in [5, 5.41) is 7.89. The first-order valence-corrected chi connectivity index (χ1v) is 8.24. The second-order valence-corrected chi connectivity index (χ2v) is 6.00. The normalized spacial score (nSPS) is 14.2. The molecule has 0 aliphatic carbocycles. The standard InChI is InChI=1S/C19H20N4O/c1-2-4-16(5-3-1)18(12-23-14-20-13-22-23)21-11-15-6-7-19-17(10-15)8-9-24-19/h1-7,10,13-14,18,21H,8-9,11-12H2/t18-/m1/s1. The summed E-state index contributed by atoms with van der Waals surface area (Å²) >= 11 is 0. The Labute approximate surface area is 141 Å². The molecule has 0 saturated carbocycles. The van der Waals surface area contributed by atoms with Crippen LogP contribution in [0, 0.1) is 0 Å². The van der Waals surface area contributed by atoms with Crippen molar-refractivity contribution in [2.24, 2.45) is 0 Å². The highest BCUT2D eigenvalue weighted by Gasteiger charge is 2.14. The number of nitrogens with one attached hydrogen (secondary N) is 1. The SMILES string of the molecule is c1ccc([C@@H](Cn2cncn2)NCc2ccc3c(c2)CCO3)cc1. The summed E-state index contributed by atoms with van der Waals surface area (Å²) in [4.78, 5) is 4.04. The Bertz CT molecular complexity index is 786. The Morgan fingerprint density at radius 2 is 2.08 bits per heavy atom. The van der Waals surface area contributed by atoms with Crippen LogP contribution < -0.4 is 10.1 Å². The Hall–Kier alpha value is -2.66. The number of hydrogen-bond acceptors (Lipinski definition) is 4. The van der Waals surface area contributed by atoms with Gasteiger partial charge in [0.15, 0.2) is 0 Å². The van der Waals surface area contributed by atoms with Crippen LogP contribution in [-0.4, -0.2) is 21.4 Å². The van der Waals surface area contributed by atoms with E-state index in [1.54, 1.807) is 12.7 Å². The molecule has 2 heterocycles. The monoisotopic (exact) mass is 320 g/mol. The van der Waals surface area contributed by atoms with Crippen molar-refractivity contribution in [1.82, 2.24) is 20.1 Å². The molecule has 1 aliphatic rings. The van der Waals surface area contributed by atoms with Crippen LogP contribution in [0.25, 0.3) is 0 Å². The zero-order valence-corrected chi connectivity index (χ0v) is 13.4. The third-order valence-electron chi connectivity index (χ3n) is 4.34. The van der Waals surface area contributed by atoms with Crippen molar-refractivity contribution in [1.29, 1.82) is 0 Å². The van der Waals surface area contributed by atoms with Crippen LogP contribution in [0.2, 0.25) is 0 Å². The van der Waals surface area contributed by atoms with Gasteiger partial charge in [0.25, 0.3) is 0 Å². The largest absolute Gasteiger partial charge is 0.493 e. The third-order valence-corrected chi connectivity index (χ3v) is 4.34. The zero-order chi connectivity index (χ0) is 16.2. The smallest absolute Gasteiger partial charge is 0.137 e. The maximum atomic E-state index is 5.58. The first-order chi connectivity index (χ1) is 11.9. The van der Waals surface area contributed by atoms with E-state index >= 15 is 0 Å². The second kappa shape index (κ2) is 6.84. The van der Waals surface area contributed by atoms with Gasteiger partial charge in [-0.2, -0.15) is 5.10 Å². The van der Waals surface area contributed by atoms with Gasteiger partial charge in [-0.15, -0.1) is 0 Å². The Balaban J connectivity index is 1.49. The lowest BCUT2D eigenvalue weighted by Crippen LogP contribution is -2.25. The lowest BCUT2D eigenvalue weighted by molar-refractivity contribution is 0.357. The molecule has 0 bridgehead atoms. The molecule has 0 radical (unpaired) electrons. The Morgan fingerprint density at radius 3 is 2.92 bits per heavy atom. The van der Waals surface area contributed by atoms with Crippen LogP contribution >= 0.6 is 0 Å². The van der Waals surface area contributed by atoms with Crippen molar-refractivity contribution in [2.45, 2.75) is 25.6 Å². The van der Waals surface area contributed by atoms with Gasteiger partial charge in [0.05, 0.1) is 19.2 Å². The van der Waals surface area contributed by atoms with E-state index in [4.69, 9.17) is 4.74 Å². The van der Waals surface area contributed by atoms with Gasteiger partial charge >= 0.3 is 0 Å². The molecule has 0 spiro atoms. The van der Waals surface area contributed by atoms with E-state index < -0.39 is 0 Å². The van der Waals surface area contributed by atoms with Crippen LogP contribution in [0.4, 0.5) is 0 Å². The van der Waals surface area contributed by atoms with Gasteiger partial charge in [0.1, 0.15) is 18.4 Å². The maximum absolute atomic E-state index is 5.58. The maximum Gasteiger partial charge on any atom is 0.137 e. The molecule has 1 aromatic heterocycles. The highest BCUT2D eigenvalue weighted by molar-refractivity contribution is 5.39. The molecule has 4 rings (SSSR count). The number of nitrogens with zero attached hydrogens (tertiary/aromatic N) is 3. The summed E-state index contributed by atoms with van der Waals surface area (Å²) in [6.45, 7) is 2.35. The van der Waals surface area contributed by atoms with Gasteiger partial charge in [0, 0.05) is 13.0 Å². The van der Waals surface area contributed by atoms with E-state index in [2.05, 4.69) is 57.9 Å². The van der Waals surface area contributed by atoms with Crippen molar-refractivity contribution in [3.05, 3.63) is 77.9 Å². The van der Waals surface area contributed by atoms with Crippen LogP contribution in [0.15, 0.2) is 61.2 Å². The predicted molar refractivity (Wildman–Crippen MR) is 91.7 cm³/mol. The lowest BCUT2D eigenvalue weighted by Gasteiger charge is -2.19. The molecule has 122 valence electrons. The summed E-state index contributed by atoms with van der Waals surface area (Å²) in [6.07, 6.45) is 4.33. The highest BCUT2D eigenvalue weighted by Crippen LogP contribution is 2.26. The quantitative estimate of drug-likeness (QED) is 0.759. The molecule has 2 aromatic carbocycles. The summed E-state index contributed by atoms with van der Waals surface area (Å²) in [5.41, 5.74) is 3.83. The minimum Gasteiger partial charge on any atom is -0.493 e. The fourth-order valence-electron chi connectivity index (χ4n) is 3.08. The second-order valence-electron chi connectivity index (χ2n) is 6.00. The summed E-state index contributed by atoms with van der Waals surface area (Å²) in [5.74, 6) is 1.03. The number of ether oxygens (including phenoxy) is 1. The van der Waals surface area contributed by atoms with Crippen LogP contribution in [0.3, 0.4) is 0 Å². The molecule has 0 fully saturated rings. The number of aromatic nitrogens is 3. The molecule has 0 unspecified atom stereocenters. The van der Waals surface area contributed by atoms with Crippen molar-refractivity contribution in [2.75, 3.05) is 6.61 Å². The first-order valence-electron chi connectivity index (χ1n) is 8.24. The summed E-state index contributed by atoms with van der Waals surface area (Å²) in [7, 11) is 0. The summed E-state index contributed by atoms with van der Waals surface area (Å²) in [6, 6.07) is 17.1. The van der Waals surface area contributed by atoms with E-state index in [0.29, 0.717) is 0 Å². The molecular weight excluding hydrogens is 300 g/mol. The fraction of sp³-hybridized carbons (Fsp3) is 0.263. The number of rotatable bonds is 6. The highest BCUT2D eigenvalue weighted by atomic mass is 16.5. The van der Waals surface area contributed by atoms with Crippen molar-refractivity contribution in [3.63, 3.8) is 0 Å². The molecule has 24 heavy (non-hydrogen) atoms. The Morgan fingerprint density at radius 1 is 1.17 bits per heavy atom. The van der Waals surface area contributed by atoms with Gasteiger partial charge in [0.2, 0.25) is 0 Å². The van der Waals surface area contributed by atoms with Crippen LogP contribution in [0.5, 0.6) is 5.75 Å². The van der Waals surface area contributed by atoms with Gasteiger partial charge in [-0.25, -0.2) is 4.98 Å². The molecule has 5 nitrogen and oxygen atoms in total. The van der Waals surface area contributed by atoms with Gasteiger partial charge in [-0.1, -0.05) is 42.5 Å². The lowest BCUT2D eigenvalue weighted by atomic mass is 10.1. The van der Waals surface area contributed by atoms with Crippen LogP contribution in [0.1, 0.15) is 22.7 Å². The molecule has 1 atom stereocenters. The predicted octanol–water partition coefficient (Wildman–Crippen LogP) is 2.74. The molecule has 3 aromatic rings. The van der Waals surface area contributed by atoms with Crippen molar-refractivity contribution in [3.8, 4) is 5.75 Å². The van der Waals surface area contributed by atoms with Crippen molar-refractivity contribution >= 4 is 0 Å². The summed E-state index contributed by atoms with van der Waals surface area (Å²) < 4.78 is 7.44. The molecule has 0 saturated heterocycles. The first kappa shape index (κ1) is 14.9. The van der Waals surface area contributed by atoms with Gasteiger partial charge in [-0.3, -0.25) is 4.68 Å². The zero-order valence-electron chi connectivity index (χ0n) is 13.4. The van der Waals surface area contributed by atoms with Gasteiger partial charge in [-0.05, 0) is 22.8 Å². The number of benzene rings is 2. The minimum atomic E-state index is 0.178. The van der Waals surface area contributed by atoms with E-state index in [0.717, 1.165) is 31.9 Å². The third kappa shape index (κ3) is 3.31. The van der Waals surface area contributed by atoms with E-state index in [1.165, 1.54) is 16.7 Å². The topological polar surface area (TPSA) is 52.0 Å². The Kier molecular flexibility index (Phi) is 4.25. The number of hydrogen-bond donors (Lipinski definition) is 1. The van der Waals surface area contributed by atoms with E-state index in [9.17, 15) is 0 Å². The van der Waals surface area contributed by atoms with E-state index in [1.807, 2.05) is 10.7 Å². The van der Waals surface area contributed by atoms with Crippen LogP contribution in [-0.2, 0) is 19.5 Å². The minimum absolute atomic E-state index is 0.178. The van der Waals surface area contributed by atoms with Crippen molar-refractivity contribution < 1.29 is 4.74 Å². The molecule has 5 heteroatoms. The molecule has 1 N–H and O–H groups in total.